The summed E-state index contributed by atoms with van der Waals surface area (Å²) in [5, 5.41) is 3.27. The van der Waals surface area contributed by atoms with Crippen molar-refractivity contribution in [2.75, 3.05) is 6.26 Å². The third kappa shape index (κ3) is 3.42. The minimum Gasteiger partial charge on any atom is -0.346 e. The number of hydrogen-bond acceptors (Lipinski definition) is 4. The number of sulfone groups is 1. The Hall–Kier alpha value is -2.38. The van der Waals surface area contributed by atoms with Crippen LogP contribution in [0.5, 0.6) is 0 Å². The highest BCUT2D eigenvalue weighted by atomic mass is 35.5. The van der Waals surface area contributed by atoms with E-state index in [4.69, 9.17) is 11.6 Å². The van der Waals surface area contributed by atoms with Crippen molar-refractivity contribution in [1.29, 1.82) is 0 Å². The lowest BCUT2D eigenvalue weighted by Gasteiger charge is -2.07. The second-order valence-corrected chi connectivity index (χ2v) is 7.72. The van der Waals surface area contributed by atoms with E-state index in [0.717, 1.165) is 6.26 Å². The summed E-state index contributed by atoms with van der Waals surface area (Å²) >= 11 is 5.92. The van der Waals surface area contributed by atoms with Crippen molar-refractivity contribution in [3.05, 3.63) is 65.1 Å². The molecular formula is C16H14ClN3O3S. The lowest BCUT2D eigenvalue weighted by molar-refractivity contribution is 0.0947. The molecule has 8 heteroatoms. The number of halogens is 1. The lowest BCUT2D eigenvalue weighted by Crippen LogP contribution is -2.24. The van der Waals surface area contributed by atoms with E-state index in [2.05, 4.69) is 10.3 Å². The Morgan fingerprint density at radius 1 is 1.21 bits per heavy atom. The van der Waals surface area contributed by atoms with E-state index in [0.29, 0.717) is 16.4 Å². The lowest BCUT2D eigenvalue weighted by atomic mass is 10.2. The average molecular weight is 364 g/mol. The average Bonchev–Trinajstić information content (AvgIpc) is 2.93. The molecule has 124 valence electrons. The van der Waals surface area contributed by atoms with E-state index in [1.807, 2.05) is 0 Å². The van der Waals surface area contributed by atoms with Gasteiger partial charge in [0.2, 0.25) is 0 Å². The third-order valence-electron chi connectivity index (χ3n) is 3.43. The van der Waals surface area contributed by atoms with E-state index in [1.54, 1.807) is 41.1 Å². The minimum absolute atomic E-state index is 0.00397. The maximum absolute atomic E-state index is 12.3. The summed E-state index contributed by atoms with van der Waals surface area (Å²) in [7, 11) is -3.48. The van der Waals surface area contributed by atoms with Gasteiger partial charge in [-0.2, -0.15) is 0 Å². The molecule has 3 rings (SSSR count). The van der Waals surface area contributed by atoms with Crippen LogP contribution < -0.4 is 5.32 Å². The van der Waals surface area contributed by atoms with E-state index in [-0.39, 0.29) is 17.0 Å². The molecule has 0 radical (unpaired) electrons. The Morgan fingerprint density at radius 2 is 1.96 bits per heavy atom. The first kappa shape index (κ1) is 16.5. The van der Waals surface area contributed by atoms with Crippen LogP contribution in [0.2, 0.25) is 5.02 Å². The second kappa shape index (κ2) is 6.26. The molecule has 2 aromatic heterocycles. The molecule has 6 nitrogen and oxygen atoms in total. The first-order valence-corrected chi connectivity index (χ1v) is 9.32. The minimum atomic E-state index is -3.48. The molecule has 0 spiro atoms. The van der Waals surface area contributed by atoms with Crippen molar-refractivity contribution >= 4 is 33.0 Å². The van der Waals surface area contributed by atoms with Gasteiger partial charge in [-0.15, -0.1) is 0 Å². The number of carbonyl (C=O) groups is 1. The van der Waals surface area contributed by atoms with Crippen LogP contribution in [0.4, 0.5) is 0 Å². The molecule has 0 saturated heterocycles. The first-order valence-electron chi connectivity index (χ1n) is 7.05. The summed E-state index contributed by atoms with van der Waals surface area (Å²) in [5.41, 5.74) is 1.47. The zero-order valence-electron chi connectivity index (χ0n) is 12.7. The highest BCUT2D eigenvalue weighted by molar-refractivity contribution is 7.90. The Labute approximate surface area is 144 Å². The topological polar surface area (TPSA) is 80.5 Å². The van der Waals surface area contributed by atoms with Gasteiger partial charge in [-0.1, -0.05) is 23.7 Å². The van der Waals surface area contributed by atoms with E-state index >= 15 is 0 Å². The molecule has 0 atom stereocenters. The van der Waals surface area contributed by atoms with E-state index in [9.17, 15) is 13.2 Å². The van der Waals surface area contributed by atoms with E-state index in [1.165, 1.54) is 12.1 Å². The highest BCUT2D eigenvalue weighted by Gasteiger charge is 2.18. The van der Waals surface area contributed by atoms with Crippen LogP contribution >= 0.6 is 11.6 Å². The molecule has 0 aliphatic carbocycles. The molecule has 0 aliphatic heterocycles. The molecule has 0 saturated carbocycles. The van der Waals surface area contributed by atoms with Gasteiger partial charge in [-0.3, -0.25) is 4.79 Å². The van der Waals surface area contributed by atoms with Crippen LogP contribution in [-0.4, -0.2) is 30.0 Å². The fourth-order valence-electron chi connectivity index (χ4n) is 2.35. The first-order chi connectivity index (χ1) is 11.3. The number of nitrogens with one attached hydrogen (secondary N) is 1. The number of fused-ring (bicyclic) bond motifs is 1. The Bertz CT molecular complexity index is 1030. The SMILES string of the molecule is CS(=O)(=O)c1ccccc1C(=O)NCc1cn2cc(Cl)ccc2n1. The maximum Gasteiger partial charge on any atom is 0.252 e. The van der Waals surface area contributed by atoms with Crippen molar-refractivity contribution in [3.63, 3.8) is 0 Å². The monoisotopic (exact) mass is 363 g/mol. The van der Waals surface area contributed by atoms with Crippen molar-refractivity contribution in [2.45, 2.75) is 11.4 Å². The van der Waals surface area contributed by atoms with Gasteiger partial charge in [-0.05, 0) is 24.3 Å². The summed E-state index contributed by atoms with van der Waals surface area (Å²) in [6.45, 7) is 0.177. The standard InChI is InChI=1S/C16H14ClN3O3S/c1-24(22,23)14-5-3-2-4-13(14)16(21)18-8-12-10-20-9-11(17)6-7-15(20)19-12/h2-7,9-10H,8H2,1H3,(H,18,21). The molecular weight excluding hydrogens is 350 g/mol. The number of amides is 1. The van der Waals surface area contributed by atoms with Crippen LogP contribution in [0.1, 0.15) is 16.1 Å². The predicted octanol–water partition coefficient (Wildman–Crippen LogP) is 2.32. The molecule has 24 heavy (non-hydrogen) atoms. The molecule has 1 N–H and O–H groups in total. The second-order valence-electron chi connectivity index (χ2n) is 5.30. The van der Waals surface area contributed by atoms with Crippen LogP contribution in [0.15, 0.2) is 53.7 Å². The largest absolute Gasteiger partial charge is 0.346 e. The number of pyridine rings is 1. The Morgan fingerprint density at radius 3 is 2.71 bits per heavy atom. The molecule has 2 heterocycles. The summed E-state index contributed by atoms with van der Waals surface area (Å²) in [6.07, 6.45) is 4.54. The number of rotatable bonds is 4. The predicted molar refractivity (Wildman–Crippen MR) is 90.9 cm³/mol. The number of benzene rings is 1. The number of carbonyl (C=O) groups excluding carboxylic acids is 1. The van der Waals surface area contributed by atoms with Crippen LogP contribution in [-0.2, 0) is 16.4 Å². The molecule has 1 aromatic carbocycles. The fourth-order valence-corrected chi connectivity index (χ4v) is 3.40. The number of aromatic nitrogens is 2. The van der Waals surface area contributed by atoms with Crippen molar-refractivity contribution in [3.8, 4) is 0 Å². The molecule has 0 fully saturated rings. The zero-order valence-corrected chi connectivity index (χ0v) is 14.3. The summed E-state index contributed by atoms with van der Waals surface area (Å²) in [6, 6.07) is 9.60. The number of imidazole rings is 1. The van der Waals surface area contributed by atoms with Gasteiger partial charge in [-0.25, -0.2) is 13.4 Å². The molecule has 0 aliphatic rings. The molecule has 0 unspecified atom stereocenters. The van der Waals surface area contributed by atoms with Gasteiger partial charge in [0.05, 0.1) is 27.7 Å². The van der Waals surface area contributed by atoms with Gasteiger partial charge in [0.15, 0.2) is 9.84 Å². The normalized spacial score (nSPS) is 11.6. The quantitative estimate of drug-likeness (QED) is 0.771. The van der Waals surface area contributed by atoms with Crippen molar-refractivity contribution in [1.82, 2.24) is 14.7 Å². The van der Waals surface area contributed by atoms with E-state index < -0.39 is 15.7 Å². The van der Waals surface area contributed by atoms with Gasteiger partial charge < -0.3 is 9.72 Å². The highest BCUT2D eigenvalue weighted by Crippen LogP contribution is 2.16. The summed E-state index contributed by atoms with van der Waals surface area (Å²) < 4.78 is 25.3. The number of hydrogen-bond donors (Lipinski definition) is 1. The third-order valence-corrected chi connectivity index (χ3v) is 4.80. The van der Waals surface area contributed by atoms with Gasteiger partial charge in [0.25, 0.3) is 5.91 Å². The smallest absolute Gasteiger partial charge is 0.252 e. The van der Waals surface area contributed by atoms with Gasteiger partial charge in [0, 0.05) is 18.6 Å². The Balaban J connectivity index is 1.80. The van der Waals surface area contributed by atoms with Crippen LogP contribution in [0.3, 0.4) is 0 Å². The van der Waals surface area contributed by atoms with Crippen LogP contribution in [0.25, 0.3) is 5.65 Å². The number of nitrogens with zero attached hydrogens (tertiary/aromatic N) is 2. The fraction of sp³-hybridized carbons (Fsp3) is 0.125. The Kier molecular flexibility index (Phi) is 4.29. The summed E-state index contributed by atoms with van der Waals surface area (Å²) in [4.78, 5) is 16.7. The van der Waals surface area contributed by atoms with Crippen molar-refractivity contribution < 1.29 is 13.2 Å². The van der Waals surface area contributed by atoms with Gasteiger partial charge >= 0.3 is 0 Å². The zero-order chi connectivity index (χ0) is 17.3. The van der Waals surface area contributed by atoms with Crippen LogP contribution in [0, 0.1) is 0 Å². The van der Waals surface area contributed by atoms with Gasteiger partial charge in [0.1, 0.15) is 5.65 Å². The molecule has 0 bridgehead atoms. The summed E-state index contributed by atoms with van der Waals surface area (Å²) in [5.74, 6) is -0.467. The maximum atomic E-state index is 12.3. The van der Waals surface area contributed by atoms with Crippen molar-refractivity contribution in [2.24, 2.45) is 0 Å². The molecule has 3 aromatic rings. The molecule has 1 amide bonds.